The molecule has 0 heterocycles. The van der Waals surface area contributed by atoms with Crippen molar-refractivity contribution in [2.24, 2.45) is 0 Å². The first-order valence-corrected chi connectivity index (χ1v) is 12.2. The van der Waals surface area contributed by atoms with E-state index in [9.17, 15) is 13.2 Å². The number of sulfonamides is 1. The topological polar surface area (TPSA) is 66.5 Å². The predicted molar refractivity (Wildman–Crippen MR) is 118 cm³/mol. The molecule has 0 saturated carbocycles. The lowest BCUT2D eigenvalue weighted by Crippen LogP contribution is -2.48. The molecule has 1 atom stereocenters. The van der Waals surface area contributed by atoms with Crippen LogP contribution in [0.1, 0.15) is 23.6 Å². The average Bonchev–Trinajstić information content (AvgIpc) is 2.60. The summed E-state index contributed by atoms with van der Waals surface area (Å²) in [5.41, 5.74) is 3.93. The number of nitrogens with zero attached hydrogens (tertiary/aromatic N) is 1. The second-order valence-electron chi connectivity index (χ2n) is 6.91. The van der Waals surface area contributed by atoms with Crippen LogP contribution in [0.3, 0.4) is 0 Å². The number of amides is 1. The van der Waals surface area contributed by atoms with Crippen LogP contribution in [0.2, 0.25) is 0 Å². The second-order valence-corrected chi connectivity index (χ2v) is 9.87. The normalized spacial score (nSPS) is 12.4. The van der Waals surface area contributed by atoms with Gasteiger partial charge in [-0.2, -0.15) is 11.8 Å². The first-order valence-electron chi connectivity index (χ1n) is 9.15. The molecule has 5 nitrogen and oxygen atoms in total. The molecule has 7 heteroatoms. The molecular weight excluding hydrogens is 392 g/mol. The van der Waals surface area contributed by atoms with Gasteiger partial charge in [0.2, 0.25) is 15.9 Å². The average molecular weight is 421 g/mol. The van der Waals surface area contributed by atoms with Crippen molar-refractivity contribution >= 4 is 33.4 Å². The molecule has 0 aliphatic carbocycles. The number of anilines is 1. The van der Waals surface area contributed by atoms with Crippen LogP contribution in [-0.2, 0) is 20.6 Å². The van der Waals surface area contributed by atoms with Crippen molar-refractivity contribution in [2.45, 2.75) is 32.6 Å². The molecule has 1 N–H and O–H groups in total. The summed E-state index contributed by atoms with van der Waals surface area (Å²) in [7, 11) is -3.59. The highest BCUT2D eigenvalue weighted by atomic mass is 32.2. The molecule has 0 bridgehead atoms. The number of hydrogen-bond acceptors (Lipinski definition) is 4. The van der Waals surface area contributed by atoms with Crippen LogP contribution in [0.5, 0.6) is 0 Å². The molecule has 152 valence electrons. The van der Waals surface area contributed by atoms with Crippen molar-refractivity contribution in [1.82, 2.24) is 5.32 Å². The molecule has 0 aromatic heterocycles. The van der Waals surface area contributed by atoms with Crippen molar-refractivity contribution in [3.63, 3.8) is 0 Å². The number of carbonyl (C=O) groups excluding carboxylic acids is 1. The third-order valence-electron chi connectivity index (χ3n) is 4.24. The zero-order valence-corrected chi connectivity index (χ0v) is 18.4. The zero-order valence-electron chi connectivity index (χ0n) is 16.8. The van der Waals surface area contributed by atoms with Crippen LogP contribution in [0.25, 0.3) is 0 Å². The minimum atomic E-state index is -3.59. The molecule has 0 fully saturated rings. The van der Waals surface area contributed by atoms with E-state index in [1.807, 2.05) is 19.1 Å². The van der Waals surface area contributed by atoms with Crippen LogP contribution < -0.4 is 9.62 Å². The van der Waals surface area contributed by atoms with Gasteiger partial charge in [0.1, 0.15) is 6.04 Å². The van der Waals surface area contributed by atoms with E-state index >= 15 is 0 Å². The Morgan fingerprint density at radius 2 is 1.75 bits per heavy atom. The molecule has 2 rings (SSSR count). The van der Waals surface area contributed by atoms with Gasteiger partial charge in [0.25, 0.3) is 0 Å². The van der Waals surface area contributed by atoms with Crippen LogP contribution in [0, 0.1) is 13.8 Å². The minimum absolute atomic E-state index is 0.303. The number of hydrogen-bond donors (Lipinski definition) is 1. The molecule has 28 heavy (non-hydrogen) atoms. The van der Waals surface area contributed by atoms with E-state index in [-0.39, 0.29) is 5.91 Å². The summed E-state index contributed by atoms with van der Waals surface area (Å²) in [5.74, 6) is 1.34. The third kappa shape index (κ3) is 6.56. The number of nitrogens with one attached hydrogen (secondary N) is 1. The molecule has 1 amide bonds. The fourth-order valence-corrected chi connectivity index (χ4v) is 4.93. The standard InChI is InChI=1S/C21H28N2O3S2/c1-16-7-5-9-19(13-16)15-27-12-11-22-21(24)18(3)23(28(4,25)26)20-10-6-8-17(2)14-20/h5-10,13-14,18H,11-12,15H2,1-4H3,(H,22,24)/t18-/m0/s1. The molecule has 0 spiro atoms. The molecule has 0 aliphatic rings. The van der Waals surface area contributed by atoms with Gasteiger partial charge in [-0.3, -0.25) is 9.10 Å². The predicted octanol–water partition coefficient (Wildman–Crippen LogP) is 3.51. The minimum Gasteiger partial charge on any atom is -0.353 e. The van der Waals surface area contributed by atoms with E-state index in [0.717, 1.165) is 23.3 Å². The molecular formula is C21H28N2O3S2. The molecule has 2 aromatic rings. The molecule has 0 unspecified atom stereocenters. The van der Waals surface area contributed by atoms with Crippen molar-refractivity contribution in [3.8, 4) is 0 Å². The highest BCUT2D eigenvalue weighted by Gasteiger charge is 2.28. The van der Waals surface area contributed by atoms with Crippen molar-refractivity contribution in [3.05, 3.63) is 65.2 Å². The number of thioether (sulfide) groups is 1. The summed E-state index contributed by atoms with van der Waals surface area (Å²) in [4.78, 5) is 12.5. The molecule has 2 aromatic carbocycles. The number of carbonyl (C=O) groups is 1. The summed E-state index contributed by atoms with van der Waals surface area (Å²) in [6, 6.07) is 14.7. The molecule has 0 saturated heterocycles. The third-order valence-corrected chi connectivity index (χ3v) is 6.51. The maximum atomic E-state index is 12.5. The number of benzene rings is 2. The maximum absolute atomic E-state index is 12.5. The Labute approximate surface area is 172 Å². The van der Waals surface area contributed by atoms with E-state index in [0.29, 0.717) is 12.2 Å². The highest BCUT2D eigenvalue weighted by Crippen LogP contribution is 2.22. The Hall–Kier alpha value is -1.99. The highest BCUT2D eigenvalue weighted by molar-refractivity contribution is 7.98. The summed E-state index contributed by atoms with van der Waals surface area (Å²) < 4.78 is 25.8. The van der Waals surface area contributed by atoms with Crippen LogP contribution in [0.4, 0.5) is 5.69 Å². The SMILES string of the molecule is Cc1cccc(CSCCNC(=O)[C@H](C)N(c2cccc(C)c2)S(C)(=O)=O)c1. The number of rotatable bonds is 9. The summed E-state index contributed by atoms with van der Waals surface area (Å²) in [6.45, 7) is 6.06. The largest absolute Gasteiger partial charge is 0.353 e. The van der Waals surface area contributed by atoms with Crippen LogP contribution in [0.15, 0.2) is 48.5 Å². The maximum Gasteiger partial charge on any atom is 0.243 e. The lowest BCUT2D eigenvalue weighted by Gasteiger charge is -2.28. The molecule has 0 radical (unpaired) electrons. The van der Waals surface area contributed by atoms with Gasteiger partial charge >= 0.3 is 0 Å². The fraction of sp³-hybridized carbons (Fsp3) is 0.381. The van der Waals surface area contributed by atoms with E-state index in [2.05, 4.69) is 30.4 Å². The Balaban J connectivity index is 1.90. The van der Waals surface area contributed by atoms with Crippen LogP contribution >= 0.6 is 11.8 Å². The van der Waals surface area contributed by atoms with Gasteiger partial charge in [-0.05, 0) is 44.0 Å². The fourth-order valence-electron chi connectivity index (χ4n) is 2.96. The molecule has 0 aliphatic heterocycles. The van der Waals surface area contributed by atoms with Gasteiger partial charge in [0.15, 0.2) is 0 Å². The smallest absolute Gasteiger partial charge is 0.243 e. The summed E-state index contributed by atoms with van der Waals surface area (Å²) >= 11 is 1.73. The van der Waals surface area contributed by atoms with Crippen molar-refractivity contribution in [1.29, 1.82) is 0 Å². The second kappa shape index (κ2) is 9.98. The van der Waals surface area contributed by atoms with Crippen LogP contribution in [-0.4, -0.2) is 38.9 Å². The lowest BCUT2D eigenvalue weighted by molar-refractivity contribution is -0.121. The monoisotopic (exact) mass is 420 g/mol. The first-order chi connectivity index (χ1) is 13.2. The summed E-state index contributed by atoms with van der Waals surface area (Å²) in [5, 5.41) is 2.85. The quantitative estimate of drug-likeness (QED) is 0.631. The number of aryl methyl sites for hydroxylation is 2. The van der Waals surface area contributed by atoms with Gasteiger partial charge in [-0.1, -0.05) is 42.0 Å². The van der Waals surface area contributed by atoms with Gasteiger partial charge in [-0.25, -0.2) is 8.42 Å². The van der Waals surface area contributed by atoms with E-state index in [1.165, 1.54) is 15.4 Å². The van der Waals surface area contributed by atoms with Gasteiger partial charge in [0.05, 0.1) is 11.9 Å². The Morgan fingerprint density at radius 1 is 1.11 bits per heavy atom. The Morgan fingerprint density at radius 3 is 2.36 bits per heavy atom. The van der Waals surface area contributed by atoms with E-state index < -0.39 is 16.1 Å². The van der Waals surface area contributed by atoms with E-state index in [4.69, 9.17) is 0 Å². The lowest BCUT2D eigenvalue weighted by atomic mass is 10.2. The Bertz CT molecular complexity index is 913. The van der Waals surface area contributed by atoms with Gasteiger partial charge < -0.3 is 5.32 Å². The Kier molecular flexibility index (Phi) is 7.95. The van der Waals surface area contributed by atoms with Crippen molar-refractivity contribution < 1.29 is 13.2 Å². The van der Waals surface area contributed by atoms with Crippen molar-refractivity contribution in [2.75, 3.05) is 22.9 Å². The first kappa shape index (κ1) is 22.3. The van der Waals surface area contributed by atoms with Gasteiger partial charge in [0, 0.05) is 18.1 Å². The zero-order chi connectivity index (χ0) is 20.7. The summed E-state index contributed by atoms with van der Waals surface area (Å²) in [6.07, 6.45) is 1.12. The van der Waals surface area contributed by atoms with Gasteiger partial charge in [-0.15, -0.1) is 0 Å². The van der Waals surface area contributed by atoms with E-state index in [1.54, 1.807) is 36.9 Å².